The maximum absolute atomic E-state index is 12.0. The van der Waals surface area contributed by atoms with E-state index in [1.54, 1.807) is 24.3 Å². The van der Waals surface area contributed by atoms with E-state index in [0.29, 0.717) is 9.90 Å². The second-order valence-corrected chi connectivity index (χ2v) is 7.47. The van der Waals surface area contributed by atoms with Gasteiger partial charge in [0.25, 0.3) is 5.91 Å². The van der Waals surface area contributed by atoms with E-state index in [9.17, 15) is 14.4 Å². The molecule has 26 heavy (non-hydrogen) atoms. The third-order valence-corrected chi connectivity index (χ3v) is 5.07. The number of hydrogen-bond donors (Lipinski definition) is 1. The van der Waals surface area contributed by atoms with E-state index in [-0.39, 0.29) is 25.2 Å². The molecule has 5 nitrogen and oxygen atoms in total. The Bertz CT molecular complexity index is 802. The third kappa shape index (κ3) is 5.97. The number of carbonyl (C=O) groups excluding carboxylic acids is 3. The molecule has 0 radical (unpaired) electrons. The molecular weight excluding hydrogens is 374 g/mol. The molecule has 1 amide bonds. The first-order valence-electron chi connectivity index (χ1n) is 8.17. The van der Waals surface area contributed by atoms with Crippen LogP contribution < -0.4 is 5.32 Å². The topological polar surface area (TPSA) is 72.5 Å². The number of benzene rings is 1. The summed E-state index contributed by atoms with van der Waals surface area (Å²) in [4.78, 5) is 37.5. The standard InChI is InChI=1S/C19H20ClNO4S/c1-12-7-9-17(26-12)16(22)8-10-18(23)25-13(2)19(24)21-11-14-5-3-4-6-15(14)20/h3-7,9,13H,8,10-11H2,1-2H3,(H,21,24)/t13-/m1/s1. The number of amides is 1. The number of nitrogens with one attached hydrogen (secondary N) is 1. The summed E-state index contributed by atoms with van der Waals surface area (Å²) in [6.45, 7) is 3.65. The minimum absolute atomic E-state index is 0.0576. The third-order valence-electron chi connectivity index (χ3n) is 3.66. The van der Waals surface area contributed by atoms with Gasteiger partial charge in [-0.15, -0.1) is 11.3 Å². The zero-order chi connectivity index (χ0) is 19.1. The molecule has 1 N–H and O–H groups in total. The van der Waals surface area contributed by atoms with Crippen molar-refractivity contribution in [1.29, 1.82) is 0 Å². The molecule has 1 heterocycles. The van der Waals surface area contributed by atoms with Gasteiger partial charge in [0, 0.05) is 22.9 Å². The van der Waals surface area contributed by atoms with Crippen LogP contribution in [0.2, 0.25) is 5.02 Å². The van der Waals surface area contributed by atoms with Crippen LogP contribution >= 0.6 is 22.9 Å². The van der Waals surface area contributed by atoms with Gasteiger partial charge in [-0.25, -0.2) is 0 Å². The van der Waals surface area contributed by atoms with Gasteiger partial charge in [-0.1, -0.05) is 29.8 Å². The lowest BCUT2D eigenvalue weighted by molar-refractivity contribution is -0.154. The average Bonchev–Trinajstić information content (AvgIpc) is 3.05. The van der Waals surface area contributed by atoms with Gasteiger partial charge in [0.1, 0.15) is 0 Å². The van der Waals surface area contributed by atoms with Crippen molar-refractivity contribution in [2.75, 3.05) is 0 Å². The molecule has 2 aromatic rings. The summed E-state index contributed by atoms with van der Waals surface area (Å²) < 4.78 is 5.09. The Kier molecular flexibility index (Phi) is 7.36. The maximum atomic E-state index is 12.0. The van der Waals surface area contributed by atoms with Gasteiger partial charge >= 0.3 is 5.97 Å². The van der Waals surface area contributed by atoms with Gasteiger partial charge in [-0.2, -0.15) is 0 Å². The van der Waals surface area contributed by atoms with E-state index in [1.165, 1.54) is 18.3 Å². The Morgan fingerprint density at radius 2 is 1.88 bits per heavy atom. The molecule has 0 bridgehead atoms. The Hall–Kier alpha value is -2.18. The fraction of sp³-hybridized carbons (Fsp3) is 0.316. The number of hydrogen-bond acceptors (Lipinski definition) is 5. The Morgan fingerprint density at radius 1 is 1.15 bits per heavy atom. The van der Waals surface area contributed by atoms with Crippen LogP contribution in [0.4, 0.5) is 0 Å². The molecule has 0 spiro atoms. The number of rotatable bonds is 8. The number of ketones is 1. The zero-order valence-electron chi connectivity index (χ0n) is 14.6. The largest absolute Gasteiger partial charge is 0.453 e. The van der Waals surface area contributed by atoms with Gasteiger partial charge in [0.15, 0.2) is 11.9 Å². The van der Waals surface area contributed by atoms with Crippen molar-refractivity contribution >= 4 is 40.6 Å². The van der Waals surface area contributed by atoms with E-state index in [0.717, 1.165) is 10.4 Å². The van der Waals surface area contributed by atoms with Crippen molar-refractivity contribution in [3.05, 3.63) is 56.7 Å². The fourth-order valence-corrected chi connectivity index (χ4v) is 3.24. The van der Waals surface area contributed by atoms with Crippen molar-refractivity contribution in [3.63, 3.8) is 0 Å². The number of carbonyl (C=O) groups is 3. The molecule has 1 aromatic heterocycles. The summed E-state index contributed by atoms with van der Waals surface area (Å²) in [6.07, 6.45) is -0.936. The van der Waals surface area contributed by atoms with Gasteiger partial charge in [0.05, 0.1) is 11.3 Å². The molecule has 0 saturated heterocycles. The predicted molar refractivity (Wildman–Crippen MR) is 101 cm³/mol. The summed E-state index contributed by atoms with van der Waals surface area (Å²) >= 11 is 7.42. The lowest BCUT2D eigenvalue weighted by Crippen LogP contribution is -2.35. The van der Waals surface area contributed by atoms with Crippen molar-refractivity contribution in [2.24, 2.45) is 0 Å². The van der Waals surface area contributed by atoms with Crippen LogP contribution in [0.15, 0.2) is 36.4 Å². The first-order chi connectivity index (χ1) is 12.4. The van der Waals surface area contributed by atoms with Crippen LogP contribution in [0.5, 0.6) is 0 Å². The van der Waals surface area contributed by atoms with Crippen LogP contribution in [0.25, 0.3) is 0 Å². The molecule has 1 aromatic carbocycles. The van der Waals surface area contributed by atoms with E-state index in [4.69, 9.17) is 16.3 Å². The van der Waals surface area contributed by atoms with Crippen molar-refractivity contribution < 1.29 is 19.1 Å². The summed E-state index contributed by atoms with van der Waals surface area (Å²) in [6, 6.07) is 10.8. The molecule has 0 fully saturated rings. The zero-order valence-corrected chi connectivity index (χ0v) is 16.2. The quantitative estimate of drug-likeness (QED) is 0.545. The van der Waals surface area contributed by atoms with Gasteiger partial charge in [0.2, 0.25) is 0 Å². The number of Topliss-reactive ketones (excluding diaryl/α,β-unsaturated/α-hetero) is 1. The maximum Gasteiger partial charge on any atom is 0.307 e. The van der Waals surface area contributed by atoms with Gasteiger partial charge < -0.3 is 10.1 Å². The second-order valence-electron chi connectivity index (χ2n) is 5.77. The molecule has 0 aliphatic heterocycles. The van der Waals surface area contributed by atoms with Crippen LogP contribution in [-0.4, -0.2) is 23.8 Å². The summed E-state index contributed by atoms with van der Waals surface area (Å²) in [5, 5.41) is 3.23. The molecule has 0 unspecified atom stereocenters. The van der Waals surface area contributed by atoms with E-state index >= 15 is 0 Å². The number of esters is 1. The van der Waals surface area contributed by atoms with Crippen LogP contribution in [-0.2, 0) is 20.9 Å². The van der Waals surface area contributed by atoms with E-state index in [1.807, 2.05) is 19.1 Å². The number of ether oxygens (including phenoxy) is 1. The number of halogens is 1. The van der Waals surface area contributed by atoms with Crippen LogP contribution in [0, 0.1) is 6.92 Å². The second kappa shape index (κ2) is 9.50. The summed E-state index contributed by atoms with van der Waals surface area (Å²) in [5.41, 5.74) is 0.776. The smallest absolute Gasteiger partial charge is 0.307 e. The SMILES string of the molecule is Cc1ccc(C(=O)CCC(=O)O[C@H](C)C(=O)NCc2ccccc2Cl)s1. The Balaban J connectivity index is 1.74. The van der Waals surface area contributed by atoms with Crippen molar-refractivity contribution in [1.82, 2.24) is 5.32 Å². The summed E-state index contributed by atoms with van der Waals surface area (Å²) in [5.74, 6) is -1.10. The first kappa shape index (κ1) is 20.1. The number of aryl methyl sites for hydroxylation is 1. The van der Waals surface area contributed by atoms with Crippen molar-refractivity contribution in [2.45, 2.75) is 39.3 Å². The molecule has 0 aliphatic carbocycles. The van der Waals surface area contributed by atoms with Crippen molar-refractivity contribution in [3.8, 4) is 0 Å². The number of thiophene rings is 1. The first-order valence-corrected chi connectivity index (χ1v) is 9.36. The molecule has 2 rings (SSSR count). The normalized spacial score (nSPS) is 11.7. The van der Waals surface area contributed by atoms with Gasteiger partial charge in [-0.05, 0) is 37.6 Å². The Morgan fingerprint density at radius 3 is 2.54 bits per heavy atom. The highest BCUT2D eigenvalue weighted by atomic mass is 35.5. The highest BCUT2D eigenvalue weighted by Crippen LogP contribution is 2.18. The minimum Gasteiger partial charge on any atom is -0.453 e. The van der Waals surface area contributed by atoms with E-state index in [2.05, 4.69) is 5.32 Å². The lowest BCUT2D eigenvalue weighted by atomic mass is 10.2. The molecule has 7 heteroatoms. The molecule has 1 atom stereocenters. The fourth-order valence-electron chi connectivity index (χ4n) is 2.20. The molecule has 0 saturated carbocycles. The van der Waals surface area contributed by atoms with Gasteiger partial charge in [-0.3, -0.25) is 14.4 Å². The lowest BCUT2D eigenvalue weighted by Gasteiger charge is -2.14. The molecule has 0 aliphatic rings. The van der Waals surface area contributed by atoms with Crippen LogP contribution in [0.1, 0.15) is 39.9 Å². The molecule has 138 valence electrons. The monoisotopic (exact) mass is 393 g/mol. The van der Waals surface area contributed by atoms with Crippen LogP contribution in [0.3, 0.4) is 0 Å². The highest BCUT2D eigenvalue weighted by Gasteiger charge is 2.19. The predicted octanol–water partition coefficient (Wildman–Crippen LogP) is 3.92. The average molecular weight is 394 g/mol. The Labute approximate surface area is 161 Å². The molecular formula is C19H20ClNO4S. The summed E-state index contributed by atoms with van der Waals surface area (Å²) in [7, 11) is 0. The highest BCUT2D eigenvalue weighted by molar-refractivity contribution is 7.14. The minimum atomic E-state index is -0.941. The van der Waals surface area contributed by atoms with E-state index < -0.39 is 18.0 Å².